The lowest BCUT2D eigenvalue weighted by Crippen LogP contribution is -2.23. The van der Waals surface area contributed by atoms with Crippen molar-refractivity contribution in [3.8, 4) is 0 Å². The van der Waals surface area contributed by atoms with Gasteiger partial charge in [0.25, 0.3) is 10.0 Å². The number of benzene rings is 3. The van der Waals surface area contributed by atoms with Crippen molar-refractivity contribution in [1.82, 2.24) is 19.8 Å². The molecule has 0 saturated heterocycles. The van der Waals surface area contributed by atoms with E-state index in [9.17, 15) is 8.42 Å². The van der Waals surface area contributed by atoms with Gasteiger partial charge in [0.15, 0.2) is 0 Å². The van der Waals surface area contributed by atoms with Crippen LogP contribution in [0.4, 0.5) is 0 Å². The molecule has 8 heteroatoms. The number of aryl methyl sites for hydroxylation is 1. The van der Waals surface area contributed by atoms with Crippen molar-refractivity contribution in [1.29, 1.82) is 0 Å². The molecular weight excluding hydrogens is 398 g/mol. The maximum Gasteiger partial charge on any atom is 0.276 e. The maximum atomic E-state index is 12.7. The van der Waals surface area contributed by atoms with Crippen molar-refractivity contribution in [2.75, 3.05) is 0 Å². The molecule has 1 aromatic heterocycles. The Morgan fingerprint density at radius 3 is 2.43 bits per heavy atom. The highest BCUT2D eigenvalue weighted by atomic mass is 32.2. The van der Waals surface area contributed by atoms with E-state index >= 15 is 0 Å². The van der Waals surface area contributed by atoms with E-state index in [1.165, 1.54) is 0 Å². The van der Waals surface area contributed by atoms with E-state index in [0.717, 1.165) is 22.2 Å². The number of hydrogen-bond donors (Lipinski definition) is 1. The summed E-state index contributed by atoms with van der Waals surface area (Å²) in [6, 6.07) is 24.0. The zero-order valence-electron chi connectivity index (χ0n) is 16.4. The fourth-order valence-corrected chi connectivity index (χ4v) is 3.91. The summed E-state index contributed by atoms with van der Waals surface area (Å²) in [6.45, 7) is 2.22. The molecular formula is C22H21N5O2S. The number of rotatable bonds is 7. The zero-order chi connectivity index (χ0) is 21.0. The van der Waals surface area contributed by atoms with E-state index < -0.39 is 10.0 Å². The van der Waals surface area contributed by atoms with E-state index in [0.29, 0.717) is 18.7 Å². The van der Waals surface area contributed by atoms with Gasteiger partial charge in [-0.15, -0.1) is 5.10 Å². The summed E-state index contributed by atoms with van der Waals surface area (Å²) in [5.41, 5.74) is 4.26. The van der Waals surface area contributed by atoms with Crippen LogP contribution in [0.3, 0.4) is 0 Å². The van der Waals surface area contributed by atoms with E-state index in [2.05, 4.69) is 20.2 Å². The molecule has 0 unspecified atom stereocenters. The van der Waals surface area contributed by atoms with Gasteiger partial charge in [0.1, 0.15) is 5.52 Å². The maximum absolute atomic E-state index is 12.7. The first-order valence-electron chi connectivity index (χ1n) is 9.47. The molecule has 0 amide bonds. The lowest BCUT2D eigenvalue weighted by molar-refractivity contribution is 0.583. The molecule has 0 atom stereocenters. The largest absolute Gasteiger partial charge is 0.276 e. The smallest absolute Gasteiger partial charge is 0.239 e. The Balaban J connectivity index is 1.63. The monoisotopic (exact) mass is 419 g/mol. The lowest BCUT2D eigenvalue weighted by atomic mass is 10.1. The molecule has 0 aliphatic carbocycles. The third kappa shape index (κ3) is 4.55. The van der Waals surface area contributed by atoms with Gasteiger partial charge < -0.3 is 0 Å². The fourth-order valence-electron chi connectivity index (χ4n) is 3.06. The number of nitrogens with one attached hydrogen (secondary N) is 1. The van der Waals surface area contributed by atoms with Crippen LogP contribution in [0.15, 0.2) is 88.9 Å². The molecule has 30 heavy (non-hydrogen) atoms. The second-order valence-electron chi connectivity index (χ2n) is 6.98. The minimum atomic E-state index is -3.77. The molecule has 0 saturated carbocycles. The summed E-state index contributed by atoms with van der Waals surface area (Å²) in [5.74, 6) is 0. The van der Waals surface area contributed by atoms with Gasteiger partial charge in [-0.05, 0) is 36.8 Å². The molecule has 0 fully saturated rings. The number of hydrazone groups is 1. The summed E-state index contributed by atoms with van der Waals surface area (Å²) >= 11 is 0. The number of nitrogens with zero attached hydrogens (tertiary/aromatic N) is 4. The van der Waals surface area contributed by atoms with Crippen LogP contribution in [0.25, 0.3) is 11.0 Å². The summed E-state index contributed by atoms with van der Waals surface area (Å²) in [4.78, 5) is 2.54. The molecule has 152 valence electrons. The summed E-state index contributed by atoms with van der Waals surface area (Å²) < 4.78 is 27.0. The zero-order valence-corrected chi connectivity index (χ0v) is 17.2. The molecule has 4 aromatic rings. The average Bonchev–Trinajstić information content (AvgIpc) is 3.16. The van der Waals surface area contributed by atoms with Crippen molar-refractivity contribution in [3.05, 3.63) is 90.0 Å². The molecule has 1 heterocycles. The molecule has 1 N–H and O–H groups in total. The molecule has 0 radical (unpaired) electrons. The Morgan fingerprint density at radius 2 is 1.67 bits per heavy atom. The second kappa shape index (κ2) is 8.46. The van der Waals surface area contributed by atoms with Gasteiger partial charge >= 0.3 is 0 Å². The normalized spacial score (nSPS) is 12.2. The van der Waals surface area contributed by atoms with E-state index in [1.54, 1.807) is 28.9 Å². The SMILES string of the molecule is Cc1ccc(S(=O)(=O)N/N=C(\Cc2ccccc2)Cn2nnc3ccccc32)cc1. The van der Waals surface area contributed by atoms with E-state index in [1.807, 2.05) is 61.5 Å². The van der Waals surface area contributed by atoms with E-state index in [-0.39, 0.29) is 4.90 Å². The van der Waals surface area contributed by atoms with Crippen molar-refractivity contribution in [3.63, 3.8) is 0 Å². The number of sulfonamides is 1. The Labute approximate surface area is 175 Å². The number of hydrogen-bond acceptors (Lipinski definition) is 5. The van der Waals surface area contributed by atoms with Gasteiger partial charge in [-0.3, -0.25) is 0 Å². The van der Waals surface area contributed by atoms with Crippen LogP contribution in [0.2, 0.25) is 0 Å². The van der Waals surface area contributed by atoms with Crippen LogP contribution in [0.5, 0.6) is 0 Å². The fraction of sp³-hybridized carbons (Fsp3) is 0.136. The highest BCUT2D eigenvalue weighted by Gasteiger charge is 2.14. The van der Waals surface area contributed by atoms with Crippen LogP contribution < -0.4 is 4.83 Å². The first-order valence-corrected chi connectivity index (χ1v) is 11.0. The molecule has 0 aliphatic rings. The van der Waals surface area contributed by atoms with Crippen LogP contribution >= 0.6 is 0 Å². The number of aromatic nitrogens is 3. The van der Waals surface area contributed by atoms with Crippen molar-refractivity contribution >= 4 is 26.8 Å². The first-order chi connectivity index (χ1) is 14.5. The van der Waals surface area contributed by atoms with Crippen LogP contribution in [0, 0.1) is 6.92 Å². The Kier molecular flexibility index (Phi) is 5.58. The van der Waals surface area contributed by atoms with E-state index in [4.69, 9.17) is 0 Å². The van der Waals surface area contributed by atoms with Gasteiger partial charge in [0.2, 0.25) is 0 Å². The van der Waals surface area contributed by atoms with Crippen molar-refractivity contribution < 1.29 is 8.42 Å². The Morgan fingerprint density at radius 1 is 0.967 bits per heavy atom. The predicted octanol–water partition coefficient (Wildman–Crippen LogP) is 3.32. The molecule has 3 aromatic carbocycles. The van der Waals surface area contributed by atoms with Gasteiger partial charge in [0.05, 0.1) is 22.7 Å². The van der Waals surface area contributed by atoms with Gasteiger partial charge in [-0.1, -0.05) is 65.4 Å². The summed E-state index contributed by atoms with van der Waals surface area (Å²) in [5, 5.41) is 12.6. The van der Waals surface area contributed by atoms with Crippen LogP contribution in [-0.2, 0) is 23.0 Å². The number of fused-ring (bicyclic) bond motifs is 1. The highest BCUT2D eigenvalue weighted by Crippen LogP contribution is 2.12. The minimum Gasteiger partial charge on any atom is -0.239 e. The molecule has 0 aliphatic heterocycles. The Bertz CT molecular complexity index is 1280. The Hall–Kier alpha value is -3.52. The topological polar surface area (TPSA) is 89.2 Å². The molecule has 0 bridgehead atoms. The lowest BCUT2D eigenvalue weighted by Gasteiger charge is -2.10. The molecule has 0 spiro atoms. The number of para-hydroxylation sites is 1. The van der Waals surface area contributed by atoms with Crippen molar-refractivity contribution in [2.24, 2.45) is 5.10 Å². The van der Waals surface area contributed by atoms with Crippen molar-refractivity contribution in [2.45, 2.75) is 24.8 Å². The van der Waals surface area contributed by atoms with Gasteiger partial charge in [0, 0.05) is 6.42 Å². The van der Waals surface area contributed by atoms with Crippen LogP contribution in [-0.4, -0.2) is 29.1 Å². The second-order valence-corrected chi connectivity index (χ2v) is 8.64. The quantitative estimate of drug-likeness (QED) is 0.368. The summed E-state index contributed by atoms with van der Waals surface area (Å²) in [6.07, 6.45) is 0.478. The van der Waals surface area contributed by atoms with Gasteiger partial charge in [-0.25, -0.2) is 9.51 Å². The first kappa shape index (κ1) is 19.8. The average molecular weight is 420 g/mol. The van der Waals surface area contributed by atoms with Crippen LogP contribution in [0.1, 0.15) is 11.1 Å². The third-order valence-electron chi connectivity index (χ3n) is 4.66. The summed E-state index contributed by atoms with van der Waals surface area (Å²) in [7, 11) is -3.77. The third-order valence-corrected chi connectivity index (χ3v) is 5.88. The molecule has 7 nitrogen and oxygen atoms in total. The van der Waals surface area contributed by atoms with Gasteiger partial charge in [-0.2, -0.15) is 13.5 Å². The molecule has 4 rings (SSSR count). The standard InChI is InChI=1S/C22H21N5O2S/c1-17-11-13-20(14-12-17)30(28,29)26-23-19(15-18-7-3-2-4-8-18)16-27-22-10-6-5-9-21(22)24-25-27/h2-14,26H,15-16H2,1H3/b23-19+. The minimum absolute atomic E-state index is 0.169. The highest BCUT2D eigenvalue weighted by molar-refractivity contribution is 7.89. The predicted molar refractivity (Wildman–Crippen MR) is 117 cm³/mol.